The van der Waals surface area contributed by atoms with Gasteiger partial charge in [-0.25, -0.2) is 0 Å². The molecule has 10 heteroatoms. The molecular formula is C21H19N5O4S. The second-order valence-corrected chi connectivity index (χ2v) is 7.85. The zero-order valence-electron chi connectivity index (χ0n) is 16.9. The summed E-state index contributed by atoms with van der Waals surface area (Å²) < 4.78 is 6.18. The van der Waals surface area contributed by atoms with Gasteiger partial charge in [0.1, 0.15) is 0 Å². The van der Waals surface area contributed by atoms with E-state index in [1.54, 1.807) is 36.4 Å². The van der Waals surface area contributed by atoms with Gasteiger partial charge >= 0.3 is 0 Å². The summed E-state index contributed by atoms with van der Waals surface area (Å²) in [6.45, 7) is 3.44. The van der Waals surface area contributed by atoms with Crippen LogP contribution in [0.2, 0.25) is 0 Å². The van der Waals surface area contributed by atoms with Gasteiger partial charge in [0.2, 0.25) is 23.2 Å². The van der Waals surface area contributed by atoms with Gasteiger partial charge in [0.05, 0.1) is 16.2 Å². The minimum absolute atomic E-state index is 0.151. The van der Waals surface area contributed by atoms with Crippen LogP contribution in [0.5, 0.6) is 5.88 Å². The molecule has 158 valence electrons. The lowest BCUT2D eigenvalue weighted by Gasteiger charge is -2.29. The molecule has 1 amide bonds. The number of nitro benzene ring substituents is 1. The molecule has 4 rings (SSSR count). The van der Waals surface area contributed by atoms with Gasteiger partial charge in [-0.15, -0.1) is 10.2 Å². The van der Waals surface area contributed by atoms with Crippen molar-refractivity contribution in [1.29, 1.82) is 0 Å². The van der Waals surface area contributed by atoms with Crippen LogP contribution in [-0.2, 0) is 4.79 Å². The molecule has 0 N–H and O–H groups in total. The van der Waals surface area contributed by atoms with Gasteiger partial charge in [0.25, 0.3) is 5.69 Å². The molecular weight excluding hydrogens is 418 g/mol. The van der Waals surface area contributed by atoms with Crippen LogP contribution < -0.4 is 9.64 Å². The van der Waals surface area contributed by atoms with Crippen molar-refractivity contribution >= 4 is 29.0 Å². The molecule has 0 bridgehead atoms. The molecule has 0 spiro atoms. The number of benzene rings is 2. The predicted octanol–water partition coefficient (Wildman–Crippen LogP) is 4.39. The van der Waals surface area contributed by atoms with Crippen molar-refractivity contribution in [2.45, 2.75) is 31.7 Å². The number of ether oxygens (including phenoxy) is 1. The van der Waals surface area contributed by atoms with Crippen molar-refractivity contribution in [2.24, 2.45) is 0 Å². The third kappa shape index (κ3) is 3.93. The first-order valence-corrected chi connectivity index (χ1v) is 10.7. The number of carbonyl (C=O) groups is 1. The Morgan fingerprint density at radius 1 is 1.19 bits per heavy atom. The molecule has 0 aliphatic carbocycles. The van der Waals surface area contributed by atoms with Crippen LogP contribution in [-0.4, -0.2) is 31.8 Å². The topological polar surface area (TPSA) is 111 Å². The lowest BCUT2D eigenvalue weighted by atomic mass is 10.1. The molecule has 1 aliphatic heterocycles. The maximum absolute atomic E-state index is 12.8. The van der Waals surface area contributed by atoms with Crippen molar-refractivity contribution in [3.8, 4) is 17.1 Å². The molecule has 2 heterocycles. The van der Waals surface area contributed by atoms with E-state index in [2.05, 4.69) is 15.2 Å². The van der Waals surface area contributed by atoms with Gasteiger partial charge in [0, 0.05) is 24.3 Å². The minimum atomic E-state index is -1.10. The van der Waals surface area contributed by atoms with Gasteiger partial charge in [-0.05, 0) is 18.6 Å². The maximum atomic E-state index is 12.8. The molecule has 0 radical (unpaired) electrons. The van der Waals surface area contributed by atoms with Crippen molar-refractivity contribution in [2.75, 3.05) is 10.7 Å². The highest BCUT2D eigenvalue weighted by Crippen LogP contribution is 2.44. The summed E-state index contributed by atoms with van der Waals surface area (Å²) in [5.74, 6) is 0.648. The van der Waals surface area contributed by atoms with Gasteiger partial charge in [-0.2, -0.15) is 4.98 Å². The van der Waals surface area contributed by atoms with E-state index in [0.29, 0.717) is 22.1 Å². The van der Waals surface area contributed by atoms with Gasteiger partial charge in [-0.3, -0.25) is 19.8 Å². The Hall–Kier alpha value is -3.53. The third-order valence-electron chi connectivity index (χ3n) is 4.69. The zero-order valence-corrected chi connectivity index (χ0v) is 17.7. The smallest absolute Gasteiger partial charge is 0.278 e. The number of para-hydroxylation sites is 2. The van der Waals surface area contributed by atoms with Gasteiger partial charge < -0.3 is 4.74 Å². The van der Waals surface area contributed by atoms with Crippen LogP contribution in [0.15, 0.2) is 53.7 Å². The number of hydrogen-bond acceptors (Lipinski definition) is 8. The number of rotatable bonds is 5. The van der Waals surface area contributed by atoms with Gasteiger partial charge in [-0.1, -0.05) is 49.0 Å². The van der Waals surface area contributed by atoms with Crippen molar-refractivity contribution in [1.82, 2.24) is 15.2 Å². The molecule has 31 heavy (non-hydrogen) atoms. The molecule has 0 saturated heterocycles. The molecule has 0 unspecified atom stereocenters. The largest absolute Gasteiger partial charge is 0.447 e. The average molecular weight is 437 g/mol. The lowest BCUT2D eigenvalue weighted by molar-refractivity contribution is -0.386. The summed E-state index contributed by atoms with van der Waals surface area (Å²) >= 11 is 1.44. The predicted molar refractivity (Wildman–Crippen MR) is 116 cm³/mol. The fraction of sp³-hybridized carbons (Fsp3) is 0.238. The van der Waals surface area contributed by atoms with Crippen molar-refractivity contribution in [3.05, 3.63) is 64.2 Å². The molecule has 1 aliphatic rings. The number of nitrogens with zero attached hydrogens (tertiary/aromatic N) is 5. The Morgan fingerprint density at radius 2 is 1.94 bits per heavy atom. The average Bonchev–Trinajstić information content (AvgIpc) is 2.91. The van der Waals surface area contributed by atoms with E-state index in [1.807, 2.05) is 13.0 Å². The van der Waals surface area contributed by atoms with E-state index in [1.165, 1.54) is 29.7 Å². The number of anilines is 1. The highest BCUT2D eigenvalue weighted by atomic mass is 32.2. The second-order valence-electron chi connectivity index (χ2n) is 6.79. The Bertz CT molecular complexity index is 1160. The van der Waals surface area contributed by atoms with E-state index in [-0.39, 0.29) is 23.0 Å². The summed E-state index contributed by atoms with van der Waals surface area (Å²) in [5, 5.41) is 20.7. The first-order chi connectivity index (χ1) is 15.0. The lowest BCUT2D eigenvalue weighted by Crippen LogP contribution is -2.36. The minimum Gasteiger partial charge on any atom is -0.447 e. The highest BCUT2D eigenvalue weighted by molar-refractivity contribution is 7.99. The monoisotopic (exact) mass is 437 g/mol. The summed E-state index contributed by atoms with van der Waals surface area (Å²) in [4.78, 5) is 29.9. The molecule has 0 saturated carbocycles. The number of hydrogen-bond donors (Lipinski definition) is 0. The second kappa shape index (κ2) is 8.68. The third-order valence-corrected chi connectivity index (χ3v) is 5.73. The van der Waals surface area contributed by atoms with Crippen LogP contribution in [0.3, 0.4) is 0 Å². The molecule has 3 aromatic rings. The Labute approximate surface area is 182 Å². The Kier molecular flexibility index (Phi) is 5.81. The number of carbonyl (C=O) groups excluding carboxylic acids is 1. The van der Waals surface area contributed by atoms with E-state index >= 15 is 0 Å². The first kappa shape index (κ1) is 20.7. The number of nitro groups is 1. The van der Waals surface area contributed by atoms with Crippen LogP contribution >= 0.6 is 11.8 Å². The molecule has 1 aromatic heterocycles. The molecule has 9 nitrogen and oxygen atoms in total. The normalized spacial score (nSPS) is 14.8. The summed E-state index contributed by atoms with van der Waals surface area (Å²) in [6, 6.07) is 13.3. The van der Waals surface area contributed by atoms with Crippen LogP contribution in [0.4, 0.5) is 11.4 Å². The SMILES string of the molecule is CCCSc1nnc2c(n1)O[C@H](c1ccccc1[N+](=O)[O-])N(C(C)=O)c1ccccc1-2. The number of thioether (sulfide) groups is 1. The highest BCUT2D eigenvalue weighted by Gasteiger charge is 2.37. The number of fused-ring (bicyclic) bond motifs is 3. The fourth-order valence-corrected chi connectivity index (χ4v) is 4.00. The summed E-state index contributed by atoms with van der Waals surface area (Å²) in [6.07, 6.45) is -0.159. The zero-order chi connectivity index (χ0) is 22.0. The first-order valence-electron chi connectivity index (χ1n) is 9.68. The Balaban J connectivity index is 1.95. The number of aromatic nitrogens is 3. The van der Waals surface area contributed by atoms with E-state index < -0.39 is 11.2 Å². The number of amides is 1. The van der Waals surface area contributed by atoms with Gasteiger partial charge in [0.15, 0.2) is 5.69 Å². The van der Waals surface area contributed by atoms with E-state index in [0.717, 1.165) is 12.2 Å². The van der Waals surface area contributed by atoms with E-state index in [9.17, 15) is 14.9 Å². The van der Waals surface area contributed by atoms with E-state index in [4.69, 9.17) is 4.74 Å². The fourth-order valence-electron chi connectivity index (χ4n) is 3.37. The van der Waals surface area contributed by atoms with Crippen molar-refractivity contribution < 1.29 is 14.5 Å². The van der Waals surface area contributed by atoms with Crippen LogP contribution in [0.25, 0.3) is 11.3 Å². The molecule has 1 atom stereocenters. The quantitative estimate of drug-likeness (QED) is 0.328. The Morgan fingerprint density at radius 3 is 2.68 bits per heavy atom. The maximum Gasteiger partial charge on any atom is 0.278 e. The summed E-state index contributed by atoms with van der Waals surface area (Å²) in [5.41, 5.74) is 1.60. The molecule has 2 aromatic carbocycles. The molecule has 0 fully saturated rings. The standard InChI is InChI=1S/C21H19N5O4S/c1-3-12-31-21-22-19-18(23-24-21)14-8-4-6-10-16(14)25(13(2)27)20(30-19)15-9-5-7-11-17(15)26(28)29/h4-11,20H,3,12H2,1-2H3/t20-/m1/s1. The van der Waals surface area contributed by atoms with Crippen LogP contribution in [0, 0.1) is 10.1 Å². The summed E-state index contributed by atoms with van der Waals surface area (Å²) in [7, 11) is 0. The van der Waals surface area contributed by atoms with Crippen LogP contribution in [0.1, 0.15) is 32.1 Å². The van der Waals surface area contributed by atoms with Crippen molar-refractivity contribution in [3.63, 3.8) is 0 Å².